The number of aromatic nitrogens is 1. The Morgan fingerprint density at radius 2 is 1.86 bits per heavy atom. The van der Waals surface area contributed by atoms with Crippen molar-refractivity contribution in [1.29, 1.82) is 0 Å². The summed E-state index contributed by atoms with van der Waals surface area (Å²) < 4.78 is 29.2. The lowest BCUT2D eigenvalue weighted by Crippen LogP contribution is -2.35. The first-order valence-electron chi connectivity index (χ1n) is 7.70. The lowest BCUT2D eigenvalue weighted by atomic mass is 10.2. The average molecular weight is 318 g/mol. The van der Waals surface area contributed by atoms with Crippen molar-refractivity contribution >= 4 is 10.0 Å². The summed E-state index contributed by atoms with van der Waals surface area (Å²) in [5.41, 5.74) is 2.11. The molecule has 1 aromatic heterocycles. The number of rotatable bonds is 7. The molecule has 0 saturated heterocycles. The molecule has 5 heteroatoms. The SMILES string of the molecule is Cn1cccc1CN(C1CC1)S(=O)(=O)CCc1ccccc1. The van der Waals surface area contributed by atoms with E-state index in [1.807, 2.05) is 60.3 Å². The van der Waals surface area contributed by atoms with Gasteiger partial charge < -0.3 is 4.57 Å². The van der Waals surface area contributed by atoms with Gasteiger partial charge in [-0.25, -0.2) is 8.42 Å². The van der Waals surface area contributed by atoms with Gasteiger partial charge in [-0.1, -0.05) is 30.3 Å². The van der Waals surface area contributed by atoms with Crippen molar-refractivity contribution in [1.82, 2.24) is 8.87 Å². The summed E-state index contributed by atoms with van der Waals surface area (Å²) in [6, 6.07) is 13.9. The molecule has 0 spiro atoms. The largest absolute Gasteiger partial charge is 0.353 e. The Kier molecular flexibility index (Phi) is 4.36. The Morgan fingerprint density at radius 1 is 1.14 bits per heavy atom. The van der Waals surface area contributed by atoms with Crippen LogP contribution in [0.1, 0.15) is 24.1 Å². The maximum absolute atomic E-state index is 12.7. The van der Waals surface area contributed by atoms with Crippen LogP contribution in [0.25, 0.3) is 0 Å². The fourth-order valence-electron chi connectivity index (χ4n) is 2.65. The van der Waals surface area contributed by atoms with Gasteiger partial charge in [-0.3, -0.25) is 0 Å². The maximum atomic E-state index is 12.7. The number of aryl methyl sites for hydroxylation is 2. The van der Waals surface area contributed by atoms with E-state index in [0.29, 0.717) is 13.0 Å². The zero-order chi connectivity index (χ0) is 15.6. The predicted octanol–water partition coefficient (Wildman–Crippen LogP) is 2.56. The molecule has 3 rings (SSSR count). The third kappa shape index (κ3) is 3.59. The molecule has 0 atom stereocenters. The van der Waals surface area contributed by atoms with Crippen molar-refractivity contribution in [3.05, 3.63) is 59.9 Å². The first-order chi connectivity index (χ1) is 10.6. The molecule has 1 saturated carbocycles. The van der Waals surface area contributed by atoms with Gasteiger partial charge >= 0.3 is 0 Å². The van der Waals surface area contributed by atoms with E-state index in [-0.39, 0.29) is 11.8 Å². The quantitative estimate of drug-likeness (QED) is 0.787. The van der Waals surface area contributed by atoms with Crippen molar-refractivity contribution in [2.75, 3.05) is 5.75 Å². The van der Waals surface area contributed by atoms with Crippen LogP contribution in [-0.4, -0.2) is 29.1 Å². The fourth-order valence-corrected chi connectivity index (χ4v) is 4.37. The molecule has 1 aliphatic carbocycles. The number of hydrogen-bond donors (Lipinski definition) is 0. The molecular formula is C17H22N2O2S. The average Bonchev–Trinajstić information content (AvgIpc) is 3.27. The third-order valence-electron chi connectivity index (χ3n) is 4.17. The van der Waals surface area contributed by atoms with E-state index in [1.165, 1.54) is 0 Å². The zero-order valence-electron chi connectivity index (χ0n) is 12.9. The number of nitrogens with zero attached hydrogens (tertiary/aromatic N) is 2. The standard InChI is InChI=1S/C17H22N2O2S/c1-18-12-5-8-17(18)14-19(16-9-10-16)22(20,21)13-11-15-6-3-2-4-7-15/h2-8,12,16H,9-11,13-14H2,1H3. The zero-order valence-corrected chi connectivity index (χ0v) is 13.7. The Morgan fingerprint density at radius 3 is 2.45 bits per heavy atom. The van der Waals surface area contributed by atoms with Crippen LogP contribution in [-0.2, 0) is 30.0 Å². The first-order valence-corrected chi connectivity index (χ1v) is 9.31. The molecule has 0 N–H and O–H groups in total. The normalized spacial score (nSPS) is 15.4. The molecule has 118 valence electrons. The summed E-state index contributed by atoms with van der Waals surface area (Å²) in [6.45, 7) is 0.477. The van der Waals surface area contributed by atoms with Crippen LogP contribution in [0.4, 0.5) is 0 Å². The van der Waals surface area contributed by atoms with Crippen LogP contribution >= 0.6 is 0 Å². The van der Waals surface area contributed by atoms with Gasteiger partial charge in [0, 0.05) is 25.0 Å². The van der Waals surface area contributed by atoms with E-state index in [9.17, 15) is 8.42 Å². The van der Waals surface area contributed by atoms with Gasteiger partial charge in [-0.15, -0.1) is 0 Å². The molecule has 2 aromatic rings. The van der Waals surface area contributed by atoms with Gasteiger partial charge in [0.2, 0.25) is 10.0 Å². The second-order valence-corrected chi connectivity index (χ2v) is 7.98. The molecule has 0 aliphatic heterocycles. The number of sulfonamides is 1. The molecule has 0 radical (unpaired) electrons. The topological polar surface area (TPSA) is 42.3 Å². The highest BCUT2D eigenvalue weighted by atomic mass is 32.2. The van der Waals surface area contributed by atoms with Crippen molar-refractivity contribution < 1.29 is 8.42 Å². The lowest BCUT2D eigenvalue weighted by Gasteiger charge is -2.22. The minimum atomic E-state index is -3.23. The number of hydrogen-bond acceptors (Lipinski definition) is 2. The maximum Gasteiger partial charge on any atom is 0.215 e. The summed E-state index contributed by atoms with van der Waals surface area (Å²) in [4.78, 5) is 0. The Balaban J connectivity index is 1.71. The fraction of sp³-hybridized carbons (Fsp3) is 0.412. The van der Waals surface area contributed by atoms with Crippen molar-refractivity contribution in [3.63, 3.8) is 0 Å². The molecule has 1 aliphatic rings. The van der Waals surface area contributed by atoms with Crippen molar-refractivity contribution in [3.8, 4) is 0 Å². The Labute approximate surface area is 132 Å². The smallest absolute Gasteiger partial charge is 0.215 e. The highest BCUT2D eigenvalue weighted by Crippen LogP contribution is 2.31. The van der Waals surface area contributed by atoms with E-state index in [1.54, 1.807) is 4.31 Å². The van der Waals surface area contributed by atoms with Crippen LogP contribution in [0.15, 0.2) is 48.7 Å². The molecule has 4 nitrogen and oxygen atoms in total. The van der Waals surface area contributed by atoms with Gasteiger partial charge in [0.25, 0.3) is 0 Å². The molecule has 1 fully saturated rings. The highest BCUT2D eigenvalue weighted by Gasteiger charge is 2.37. The Bertz CT molecular complexity index is 718. The minimum Gasteiger partial charge on any atom is -0.353 e. The van der Waals surface area contributed by atoms with Crippen molar-refractivity contribution in [2.45, 2.75) is 31.8 Å². The van der Waals surface area contributed by atoms with E-state index in [0.717, 1.165) is 24.1 Å². The summed E-state index contributed by atoms with van der Waals surface area (Å²) in [6.07, 6.45) is 4.49. The molecule has 0 amide bonds. The van der Waals surface area contributed by atoms with Gasteiger partial charge in [-0.05, 0) is 37.0 Å². The summed E-state index contributed by atoms with van der Waals surface area (Å²) in [5.74, 6) is 0.179. The lowest BCUT2D eigenvalue weighted by molar-refractivity contribution is 0.390. The summed E-state index contributed by atoms with van der Waals surface area (Å²) in [5, 5.41) is 0. The number of benzene rings is 1. The van der Waals surface area contributed by atoms with Crippen LogP contribution in [0, 0.1) is 0 Å². The monoisotopic (exact) mass is 318 g/mol. The predicted molar refractivity (Wildman–Crippen MR) is 87.9 cm³/mol. The third-order valence-corrected chi connectivity index (χ3v) is 6.03. The molecule has 1 heterocycles. The van der Waals surface area contributed by atoms with Crippen LogP contribution in [0.2, 0.25) is 0 Å². The van der Waals surface area contributed by atoms with Gasteiger partial charge in [0.15, 0.2) is 0 Å². The van der Waals surface area contributed by atoms with Crippen molar-refractivity contribution in [2.24, 2.45) is 7.05 Å². The molecule has 22 heavy (non-hydrogen) atoms. The molecule has 0 bridgehead atoms. The second-order valence-electron chi connectivity index (χ2n) is 5.94. The van der Waals surface area contributed by atoms with Gasteiger partial charge in [0.05, 0.1) is 12.3 Å². The van der Waals surface area contributed by atoms with E-state index in [2.05, 4.69) is 0 Å². The van der Waals surface area contributed by atoms with Crippen LogP contribution < -0.4 is 0 Å². The van der Waals surface area contributed by atoms with Crippen LogP contribution in [0.5, 0.6) is 0 Å². The van der Waals surface area contributed by atoms with E-state index in [4.69, 9.17) is 0 Å². The minimum absolute atomic E-state index is 0.179. The molecule has 1 aromatic carbocycles. The highest BCUT2D eigenvalue weighted by molar-refractivity contribution is 7.89. The summed E-state index contributed by atoms with van der Waals surface area (Å²) in [7, 11) is -1.27. The first kappa shape index (κ1) is 15.3. The molecular weight excluding hydrogens is 296 g/mol. The van der Waals surface area contributed by atoms with E-state index < -0.39 is 10.0 Å². The summed E-state index contributed by atoms with van der Waals surface area (Å²) >= 11 is 0. The van der Waals surface area contributed by atoms with E-state index >= 15 is 0 Å². The second kappa shape index (κ2) is 6.26. The molecule has 0 unspecified atom stereocenters. The van der Waals surface area contributed by atoms with Gasteiger partial charge in [0.1, 0.15) is 0 Å². The van der Waals surface area contributed by atoms with Gasteiger partial charge in [-0.2, -0.15) is 4.31 Å². The van der Waals surface area contributed by atoms with Crippen LogP contribution in [0.3, 0.4) is 0 Å². The Hall–Kier alpha value is -1.59.